The van der Waals surface area contributed by atoms with Crippen molar-refractivity contribution in [2.24, 2.45) is 0 Å². The zero-order chi connectivity index (χ0) is 21.1. The average molecular weight is 404 g/mol. The van der Waals surface area contributed by atoms with Crippen LogP contribution in [0.5, 0.6) is 0 Å². The number of aromatic nitrogens is 3. The molecular formula is C28H25N3. The number of rotatable bonds is 3. The highest BCUT2D eigenvalue weighted by Crippen LogP contribution is 2.41. The highest BCUT2D eigenvalue weighted by molar-refractivity contribution is 5.89. The van der Waals surface area contributed by atoms with Crippen LogP contribution in [0, 0.1) is 20.8 Å². The first-order valence-electron chi connectivity index (χ1n) is 10.8. The first-order valence-corrected chi connectivity index (χ1v) is 10.8. The van der Waals surface area contributed by atoms with E-state index >= 15 is 0 Å². The normalized spacial score (nSPS) is 12.0. The van der Waals surface area contributed by atoms with Crippen molar-refractivity contribution >= 4 is 32.7 Å². The van der Waals surface area contributed by atoms with Crippen LogP contribution in [0.25, 0.3) is 32.7 Å². The summed E-state index contributed by atoms with van der Waals surface area (Å²) in [7, 11) is 0. The van der Waals surface area contributed by atoms with E-state index in [1.807, 2.05) is 0 Å². The van der Waals surface area contributed by atoms with E-state index in [4.69, 9.17) is 0 Å². The lowest BCUT2D eigenvalue weighted by atomic mass is 9.90. The number of para-hydroxylation sites is 3. The molecule has 6 aromatic rings. The average Bonchev–Trinajstić information content (AvgIpc) is 3.43. The number of nitrogens with one attached hydrogen (secondary N) is 3. The van der Waals surface area contributed by atoms with Crippen molar-refractivity contribution in [3.8, 4) is 0 Å². The first kappa shape index (κ1) is 18.1. The van der Waals surface area contributed by atoms with Crippen LogP contribution >= 0.6 is 0 Å². The van der Waals surface area contributed by atoms with Crippen LogP contribution in [0.2, 0.25) is 0 Å². The summed E-state index contributed by atoms with van der Waals surface area (Å²) in [5.74, 6) is 0.0622. The van der Waals surface area contributed by atoms with Gasteiger partial charge in [0.15, 0.2) is 0 Å². The van der Waals surface area contributed by atoms with Gasteiger partial charge in [-0.05, 0) is 55.7 Å². The van der Waals surface area contributed by atoms with Gasteiger partial charge in [-0.25, -0.2) is 0 Å². The van der Waals surface area contributed by atoms with Crippen molar-refractivity contribution in [3.63, 3.8) is 0 Å². The van der Waals surface area contributed by atoms with Gasteiger partial charge in [-0.3, -0.25) is 0 Å². The van der Waals surface area contributed by atoms with Crippen LogP contribution in [0.4, 0.5) is 0 Å². The second-order valence-electron chi connectivity index (χ2n) is 8.56. The van der Waals surface area contributed by atoms with E-state index < -0.39 is 0 Å². The lowest BCUT2D eigenvalue weighted by molar-refractivity contribution is 0.853. The van der Waals surface area contributed by atoms with E-state index in [1.54, 1.807) is 0 Å². The molecule has 0 unspecified atom stereocenters. The second kappa shape index (κ2) is 6.64. The second-order valence-corrected chi connectivity index (χ2v) is 8.56. The molecule has 152 valence electrons. The van der Waals surface area contributed by atoms with Gasteiger partial charge in [-0.15, -0.1) is 0 Å². The van der Waals surface area contributed by atoms with Crippen LogP contribution < -0.4 is 0 Å². The zero-order valence-corrected chi connectivity index (χ0v) is 18.0. The molecule has 0 amide bonds. The third-order valence-corrected chi connectivity index (χ3v) is 6.88. The van der Waals surface area contributed by atoms with Crippen molar-refractivity contribution in [1.29, 1.82) is 0 Å². The fraction of sp³-hybridized carbons (Fsp3) is 0.143. The molecule has 3 heteroatoms. The summed E-state index contributed by atoms with van der Waals surface area (Å²) >= 11 is 0. The number of hydrogen-bond donors (Lipinski definition) is 3. The van der Waals surface area contributed by atoms with Crippen LogP contribution in [-0.4, -0.2) is 15.0 Å². The molecule has 3 aromatic heterocycles. The standard InChI is InChI=1S/C28H25N3/c1-16-19-10-4-7-13-22(19)29-26(16)25(27-17(2)20-11-5-8-14-23(20)30-27)28-18(3)21-12-6-9-15-24(21)31-28/h4-15,25,29-31H,1-3H3. The maximum atomic E-state index is 3.76. The van der Waals surface area contributed by atoms with Gasteiger partial charge in [0.05, 0.1) is 5.92 Å². The van der Waals surface area contributed by atoms with Crippen molar-refractivity contribution in [3.05, 3.63) is 107 Å². The van der Waals surface area contributed by atoms with Gasteiger partial charge in [0.25, 0.3) is 0 Å². The summed E-state index contributed by atoms with van der Waals surface area (Å²) in [4.78, 5) is 11.3. The lowest BCUT2D eigenvalue weighted by Gasteiger charge is -2.18. The molecule has 0 fully saturated rings. The summed E-state index contributed by atoms with van der Waals surface area (Å²) in [6, 6.07) is 25.8. The van der Waals surface area contributed by atoms with Gasteiger partial charge in [0.1, 0.15) is 0 Å². The van der Waals surface area contributed by atoms with E-state index in [2.05, 4.69) is 109 Å². The van der Waals surface area contributed by atoms with Crippen LogP contribution in [0.1, 0.15) is 39.7 Å². The smallest absolute Gasteiger partial charge is 0.0800 e. The third-order valence-electron chi connectivity index (χ3n) is 6.88. The van der Waals surface area contributed by atoms with Gasteiger partial charge in [-0.1, -0.05) is 54.6 Å². The van der Waals surface area contributed by atoms with Gasteiger partial charge in [0.2, 0.25) is 0 Å². The topological polar surface area (TPSA) is 47.4 Å². The fourth-order valence-electron chi connectivity index (χ4n) is 5.21. The number of aromatic amines is 3. The van der Waals surface area contributed by atoms with Crippen molar-refractivity contribution < 1.29 is 0 Å². The maximum Gasteiger partial charge on any atom is 0.0800 e. The monoisotopic (exact) mass is 403 g/mol. The van der Waals surface area contributed by atoms with E-state index in [1.165, 1.54) is 66.5 Å². The number of hydrogen-bond acceptors (Lipinski definition) is 0. The fourth-order valence-corrected chi connectivity index (χ4v) is 5.21. The van der Waals surface area contributed by atoms with E-state index in [9.17, 15) is 0 Å². The highest BCUT2D eigenvalue weighted by Gasteiger charge is 2.28. The molecule has 31 heavy (non-hydrogen) atoms. The van der Waals surface area contributed by atoms with Crippen LogP contribution in [0.15, 0.2) is 72.8 Å². The van der Waals surface area contributed by atoms with E-state index in [-0.39, 0.29) is 5.92 Å². The molecule has 0 spiro atoms. The number of benzene rings is 3. The molecular weight excluding hydrogens is 378 g/mol. The maximum absolute atomic E-state index is 3.76. The highest BCUT2D eigenvalue weighted by atomic mass is 14.8. The molecule has 3 heterocycles. The summed E-state index contributed by atoms with van der Waals surface area (Å²) in [6.07, 6.45) is 0. The molecule has 0 aliphatic carbocycles. The molecule has 3 nitrogen and oxygen atoms in total. The van der Waals surface area contributed by atoms with Crippen molar-refractivity contribution in [1.82, 2.24) is 15.0 Å². The Hall–Kier alpha value is -3.72. The summed E-state index contributed by atoms with van der Waals surface area (Å²) in [5, 5.41) is 3.85. The number of aryl methyl sites for hydroxylation is 3. The quantitative estimate of drug-likeness (QED) is 0.279. The minimum absolute atomic E-state index is 0.0622. The Labute approximate surface area is 181 Å². The SMILES string of the molecule is Cc1c(C(c2[nH]c3ccccc3c2C)c2[nH]c3ccccc3c2C)[nH]c2ccccc12. The van der Waals surface area contributed by atoms with Crippen LogP contribution in [0.3, 0.4) is 0 Å². The molecule has 6 rings (SSSR count). The van der Waals surface area contributed by atoms with Gasteiger partial charge < -0.3 is 15.0 Å². The molecule has 3 N–H and O–H groups in total. The van der Waals surface area contributed by atoms with Gasteiger partial charge in [-0.2, -0.15) is 0 Å². The van der Waals surface area contributed by atoms with Gasteiger partial charge in [0, 0.05) is 49.8 Å². The van der Waals surface area contributed by atoms with Crippen LogP contribution in [-0.2, 0) is 0 Å². The molecule has 0 radical (unpaired) electrons. The third kappa shape index (κ3) is 2.59. The zero-order valence-electron chi connectivity index (χ0n) is 18.0. The summed E-state index contributed by atoms with van der Waals surface area (Å²) in [5.41, 5.74) is 11.2. The summed E-state index contributed by atoms with van der Waals surface area (Å²) in [6.45, 7) is 6.70. The number of H-pyrrole nitrogens is 3. The molecule has 0 saturated heterocycles. The minimum atomic E-state index is 0.0622. The van der Waals surface area contributed by atoms with Crippen molar-refractivity contribution in [2.75, 3.05) is 0 Å². The Bertz CT molecular complexity index is 1380. The Balaban J connectivity index is 1.70. The molecule has 0 bridgehead atoms. The Kier molecular flexibility index (Phi) is 3.87. The molecule has 3 aromatic carbocycles. The summed E-state index contributed by atoms with van der Waals surface area (Å²) < 4.78 is 0. The molecule has 0 atom stereocenters. The first-order chi connectivity index (χ1) is 15.1. The van der Waals surface area contributed by atoms with Gasteiger partial charge >= 0.3 is 0 Å². The Morgan fingerprint density at radius 2 is 0.742 bits per heavy atom. The molecule has 0 saturated carbocycles. The predicted molar refractivity (Wildman–Crippen MR) is 130 cm³/mol. The molecule has 0 aliphatic rings. The molecule has 0 aliphatic heterocycles. The Morgan fingerprint density at radius 1 is 0.452 bits per heavy atom. The lowest BCUT2D eigenvalue weighted by Crippen LogP contribution is -2.09. The van der Waals surface area contributed by atoms with Crippen molar-refractivity contribution in [2.45, 2.75) is 26.7 Å². The van der Waals surface area contributed by atoms with E-state index in [0.717, 1.165) is 0 Å². The van der Waals surface area contributed by atoms with E-state index in [0.29, 0.717) is 0 Å². The Morgan fingerprint density at radius 3 is 1.03 bits per heavy atom. The number of fused-ring (bicyclic) bond motifs is 3. The minimum Gasteiger partial charge on any atom is -0.357 e. The predicted octanol–water partition coefficient (Wildman–Crippen LogP) is 7.24. The largest absolute Gasteiger partial charge is 0.357 e.